The predicted molar refractivity (Wildman–Crippen MR) is 110 cm³/mol. The fourth-order valence-electron chi connectivity index (χ4n) is 2.81. The molecule has 0 aliphatic heterocycles. The number of hydrogen-bond donors (Lipinski definition) is 2. The topological polar surface area (TPSA) is 72.5 Å². The minimum atomic E-state index is -0.488. The Morgan fingerprint density at radius 1 is 1.03 bits per heavy atom. The number of hydrogen-bond acceptors (Lipinski definition) is 5. The Labute approximate surface area is 168 Å². The smallest absolute Gasteiger partial charge is 0.257 e. The first-order valence-corrected chi connectivity index (χ1v) is 9.06. The number of halogens is 1. The standard InChI is InChI=1S/C22H22FN3O3/c1-28-20-8-7-15(11-21(20)29-2)9-10-25-17-12-16(13-24-14-17)22(27)26-19-6-4-3-5-18(19)23/h3-8,11-14,25H,9-10H2,1-2H3,(H,26,27). The summed E-state index contributed by atoms with van der Waals surface area (Å²) in [6.45, 7) is 0.634. The third kappa shape index (κ3) is 5.22. The van der Waals surface area contributed by atoms with Crippen molar-refractivity contribution in [2.45, 2.75) is 6.42 Å². The van der Waals surface area contributed by atoms with Crippen molar-refractivity contribution >= 4 is 17.3 Å². The average Bonchev–Trinajstić information content (AvgIpc) is 2.75. The van der Waals surface area contributed by atoms with Gasteiger partial charge >= 0.3 is 0 Å². The number of methoxy groups -OCH3 is 2. The molecule has 0 fully saturated rings. The van der Waals surface area contributed by atoms with E-state index in [1.54, 1.807) is 38.6 Å². The lowest BCUT2D eigenvalue weighted by Crippen LogP contribution is -2.14. The Kier molecular flexibility index (Phi) is 6.63. The van der Waals surface area contributed by atoms with E-state index < -0.39 is 11.7 Å². The van der Waals surface area contributed by atoms with Gasteiger partial charge in [0.15, 0.2) is 11.5 Å². The van der Waals surface area contributed by atoms with Crippen LogP contribution in [0.25, 0.3) is 0 Å². The van der Waals surface area contributed by atoms with E-state index in [9.17, 15) is 9.18 Å². The summed E-state index contributed by atoms with van der Waals surface area (Å²) in [6, 6.07) is 13.5. The van der Waals surface area contributed by atoms with Crippen molar-refractivity contribution in [3.8, 4) is 11.5 Å². The monoisotopic (exact) mass is 395 g/mol. The van der Waals surface area contributed by atoms with Crippen LogP contribution in [0.4, 0.5) is 15.8 Å². The maximum absolute atomic E-state index is 13.7. The number of benzene rings is 2. The summed E-state index contributed by atoms with van der Waals surface area (Å²) in [5, 5.41) is 5.79. The second-order valence-corrected chi connectivity index (χ2v) is 6.26. The van der Waals surface area contributed by atoms with Crippen LogP contribution in [0.2, 0.25) is 0 Å². The summed E-state index contributed by atoms with van der Waals surface area (Å²) < 4.78 is 24.3. The minimum absolute atomic E-state index is 0.129. The summed E-state index contributed by atoms with van der Waals surface area (Å²) in [5.41, 5.74) is 2.25. The molecule has 6 nitrogen and oxygen atoms in total. The Bertz CT molecular complexity index is 995. The zero-order valence-electron chi connectivity index (χ0n) is 16.2. The first-order valence-electron chi connectivity index (χ1n) is 9.06. The molecule has 0 saturated carbocycles. The second kappa shape index (κ2) is 9.54. The summed E-state index contributed by atoms with van der Waals surface area (Å²) in [4.78, 5) is 16.5. The molecule has 0 atom stereocenters. The lowest BCUT2D eigenvalue weighted by molar-refractivity contribution is 0.102. The van der Waals surface area contributed by atoms with E-state index in [1.165, 1.54) is 18.3 Å². The SMILES string of the molecule is COc1ccc(CCNc2cncc(C(=O)Nc3ccccc3F)c2)cc1OC. The van der Waals surface area contributed by atoms with Crippen LogP contribution in [0.1, 0.15) is 15.9 Å². The van der Waals surface area contributed by atoms with Crippen LogP contribution in [0.5, 0.6) is 11.5 Å². The van der Waals surface area contributed by atoms with Gasteiger partial charge in [-0.3, -0.25) is 9.78 Å². The van der Waals surface area contributed by atoms with Gasteiger partial charge < -0.3 is 20.1 Å². The molecule has 1 heterocycles. The van der Waals surface area contributed by atoms with E-state index in [1.807, 2.05) is 18.2 Å². The quantitative estimate of drug-likeness (QED) is 0.600. The number of amides is 1. The molecule has 0 spiro atoms. The number of aromatic nitrogens is 1. The molecule has 0 aliphatic carbocycles. The first-order chi connectivity index (χ1) is 14.1. The van der Waals surface area contributed by atoms with Gasteiger partial charge in [-0.15, -0.1) is 0 Å². The summed E-state index contributed by atoms with van der Waals surface area (Å²) in [5.74, 6) is 0.449. The van der Waals surface area contributed by atoms with Crippen LogP contribution >= 0.6 is 0 Å². The summed E-state index contributed by atoms with van der Waals surface area (Å²) in [7, 11) is 3.20. The van der Waals surface area contributed by atoms with Crippen molar-refractivity contribution in [1.29, 1.82) is 0 Å². The highest BCUT2D eigenvalue weighted by atomic mass is 19.1. The minimum Gasteiger partial charge on any atom is -0.493 e. The Hall–Kier alpha value is -3.61. The molecule has 0 aliphatic rings. The molecular formula is C22H22FN3O3. The molecule has 150 valence electrons. The Balaban J connectivity index is 1.60. The molecule has 0 unspecified atom stereocenters. The van der Waals surface area contributed by atoms with Crippen LogP contribution in [0.3, 0.4) is 0 Å². The lowest BCUT2D eigenvalue weighted by atomic mass is 10.1. The molecule has 0 radical (unpaired) electrons. The fraction of sp³-hybridized carbons (Fsp3) is 0.182. The number of ether oxygens (including phenoxy) is 2. The molecular weight excluding hydrogens is 373 g/mol. The van der Waals surface area contributed by atoms with Gasteiger partial charge in [-0.2, -0.15) is 0 Å². The van der Waals surface area contributed by atoms with Crippen LogP contribution in [-0.4, -0.2) is 31.7 Å². The number of anilines is 2. The molecule has 1 amide bonds. The van der Waals surface area contributed by atoms with Gasteiger partial charge in [0.05, 0.1) is 31.2 Å². The van der Waals surface area contributed by atoms with E-state index in [4.69, 9.17) is 9.47 Å². The van der Waals surface area contributed by atoms with E-state index in [0.717, 1.165) is 12.0 Å². The third-order valence-corrected chi connectivity index (χ3v) is 4.31. The van der Waals surface area contributed by atoms with Crippen molar-refractivity contribution in [2.75, 3.05) is 31.4 Å². The number of carbonyl (C=O) groups is 1. The van der Waals surface area contributed by atoms with Gasteiger partial charge in [-0.25, -0.2) is 4.39 Å². The van der Waals surface area contributed by atoms with E-state index in [0.29, 0.717) is 29.3 Å². The molecule has 2 aromatic carbocycles. The molecule has 29 heavy (non-hydrogen) atoms. The number of nitrogens with one attached hydrogen (secondary N) is 2. The van der Waals surface area contributed by atoms with Crippen molar-refractivity contribution in [1.82, 2.24) is 4.98 Å². The van der Waals surface area contributed by atoms with Crippen LogP contribution in [0.15, 0.2) is 60.9 Å². The Morgan fingerprint density at radius 3 is 2.59 bits per heavy atom. The second-order valence-electron chi connectivity index (χ2n) is 6.26. The highest BCUT2D eigenvalue weighted by Crippen LogP contribution is 2.27. The zero-order valence-corrected chi connectivity index (χ0v) is 16.2. The Morgan fingerprint density at radius 2 is 1.83 bits per heavy atom. The van der Waals surface area contributed by atoms with Gasteiger partial charge in [0, 0.05) is 18.9 Å². The maximum atomic E-state index is 13.7. The van der Waals surface area contributed by atoms with Crippen LogP contribution < -0.4 is 20.1 Å². The van der Waals surface area contributed by atoms with Crippen molar-refractivity contribution in [3.05, 3.63) is 77.9 Å². The molecule has 1 aromatic heterocycles. The first kappa shape index (κ1) is 20.1. The number of pyridine rings is 1. The van der Waals surface area contributed by atoms with E-state index >= 15 is 0 Å². The average molecular weight is 395 g/mol. The van der Waals surface area contributed by atoms with Crippen molar-refractivity contribution < 1.29 is 18.7 Å². The molecule has 3 rings (SSSR count). The molecule has 2 N–H and O–H groups in total. The zero-order chi connectivity index (χ0) is 20.6. The van der Waals surface area contributed by atoms with Crippen molar-refractivity contribution in [2.24, 2.45) is 0 Å². The summed E-state index contributed by atoms with van der Waals surface area (Å²) >= 11 is 0. The number of para-hydroxylation sites is 1. The van der Waals surface area contributed by atoms with Gasteiger partial charge in [0.25, 0.3) is 5.91 Å². The maximum Gasteiger partial charge on any atom is 0.257 e. The van der Waals surface area contributed by atoms with Crippen molar-refractivity contribution in [3.63, 3.8) is 0 Å². The van der Waals surface area contributed by atoms with Gasteiger partial charge in [0.2, 0.25) is 0 Å². The van der Waals surface area contributed by atoms with E-state index in [2.05, 4.69) is 15.6 Å². The molecule has 0 saturated heterocycles. The molecule has 7 heteroatoms. The summed E-state index contributed by atoms with van der Waals surface area (Å²) in [6.07, 6.45) is 3.82. The predicted octanol–water partition coefficient (Wildman–Crippen LogP) is 4.14. The third-order valence-electron chi connectivity index (χ3n) is 4.31. The lowest BCUT2D eigenvalue weighted by Gasteiger charge is -2.11. The van der Waals surface area contributed by atoms with Gasteiger partial charge in [-0.05, 0) is 42.3 Å². The number of carbonyl (C=O) groups excluding carboxylic acids is 1. The van der Waals surface area contributed by atoms with Gasteiger partial charge in [0.1, 0.15) is 5.82 Å². The highest BCUT2D eigenvalue weighted by Gasteiger charge is 2.10. The van der Waals surface area contributed by atoms with Crippen LogP contribution in [-0.2, 0) is 6.42 Å². The molecule has 3 aromatic rings. The van der Waals surface area contributed by atoms with Crippen LogP contribution in [0, 0.1) is 5.82 Å². The largest absolute Gasteiger partial charge is 0.493 e. The molecule has 0 bridgehead atoms. The number of nitrogens with zero attached hydrogens (tertiary/aromatic N) is 1. The highest BCUT2D eigenvalue weighted by molar-refractivity contribution is 6.04. The van der Waals surface area contributed by atoms with Gasteiger partial charge in [-0.1, -0.05) is 18.2 Å². The van der Waals surface area contributed by atoms with E-state index in [-0.39, 0.29) is 5.69 Å². The fourth-order valence-corrected chi connectivity index (χ4v) is 2.81. The normalized spacial score (nSPS) is 10.3. The number of rotatable bonds is 8.